The van der Waals surface area contributed by atoms with Crippen LogP contribution in [0.4, 0.5) is 5.69 Å². The third kappa shape index (κ3) is 3.51. The number of amides is 3. The number of carbonyl (C=O) groups is 3. The molecule has 1 aliphatic rings. The quantitative estimate of drug-likeness (QED) is 0.481. The normalized spacial score (nSPS) is 14.4. The molecule has 0 aliphatic carbocycles. The topological polar surface area (TPSA) is 81.0 Å². The summed E-state index contributed by atoms with van der Waals surface area (Å²) in [5.74, 6) is 2.25. The first kappa shape index (κ1) is 19.6. The first-order valence-corrected chi connectivity index (χ1v) is 9.99. The number of hydrogen-bond donors (Lipinski definition) is 0. The Bertz CT molecular complexity index is 1280. The van der Waals surface area contributed by atoms with Crippen molar-refractivity contribution in [3.8, 4) is 18.1 Å². The average Bonchev–Trinajstić information content (AvgIpc) is 3.26. The minimum absolute atomic E-state index is 0.179. The molecule has 0 bridgehead atoms. The van der Waals surface area contributed by atoms with Crippen LogP contribution < -0.4 is 14.4 Å². The fraction of sp³-hybridized carbons (Fsp3) is 0.182. The van der Waals surface area contributed by atoms with E-state index in [0.717, 1.165) is 15.1 Å². The molecule has 2 aromatic carbocycles. The molecule has 4 rings (SSSR count). The van der Waals surface area contributed by atoms with Crippen molar-refractivity contribution in [3.63, 3.8) is 0 Å². The summed E-state index contributed by atoms with van der Waals surface area (Å²) in [7, 11) is 1.59. The monoisotopic (exact) mass is 419 g/mol. The van der Waals surface area contributed by atoms with Gasteiger partial charge < -0.3 is 9.30 Å². The maximum Gasteiger partial charge on any atom is 0.279 e. The summed E-state index contributed by atoms with van der Waals surface area (Å²) in [5.41, 5.74) is 1.51. The van der Waals surface area contributed by atoms with Gasteiger partial charge in [-0.1, -0.05) is 23.3 Å². The molecule has 0 N–H and O–H groups in total. The van der Waals surface area contributed by atoms with Crippen LogP contribution in [0.5, 0.6) is 5.75 Å². The zero-order chi connectivity index (χ0) is 21.3. The van der Waals surface area contributed by atoms with Gasteiger partial charge in [0.05, 0.1) is 29.6 Å². The highest BCUT2D eigenvalue weighted by molar-refractivity contribution is 7.16. The van der Waals surface area contributed by atoms with E-state index in [2.05, 4.69) is 10.9 Å². The molecule has 0 unspecified atom stereocenters. The number of anilines is 1. The summed E-state index contributed by atoms with van der Waals surface area (Å²) in [5, 5.41) is 0. The lowest BCUT2D eigenvalue weighted by Gasteiger charge is -2.14. The lowest BCUT2D eigenvalue weighted by Crippen LogP contribution is -2.28. The molecule has 1 aromatic heterocycles. The largest absolute Gasteiger partial charge is 0.497 e. The van der Waals surface area contributed by atoms with E-state index in [-0.39, 0.29) is 36.8 Å². The van der Waals surface area contributed by atoms with Crippen molar-refractivity contribution in [3.05, 3.63) is 52.8 Å². The van der Waals surface area contributed by atoms with E-state index in [0.29, 0.717) is 16.2 Å². The average molecular weight is 419 g/mol. The molecule has 30 heavy (non-hydrogen) atoms. The molecule has 3 amide bonds. The van der Waals surface area contributed by atoms with Crippen molar-refractivity contribution < 1.29 is 19.1 Å². The molecular formula is C22H17N3O4S. The van der Waals surface area contributed by atoms with Gasteiger partial charge in [0.15, 0.2) is 4.80 Å². The lowest BCUT2D eigenvalue weighted by atomic mass is 10.2. The van der Waals surface area contributed by atoms with E-state index in [4.69, 9.17) is 11.2 Å². The fourth-order valence-electron chi connectivity index (χ4n) is 3.30. The fourth-order valence-corrected chi connectivity index (χ4v) is 4.36. The molecule has 150 valence electrons. The van der Waals surface area contributed by atoms with E-state index in [9.17, 15) is 14.4 Å². The SMILES string of the molecule is C#CCn1c(=NC(=O)c2cccc(N3C(=O)CCC3=O)c2)sc2cc(OC)ccc21. The Morgan fingerprint density at radius 2 is 1.97 bits per heavy atom. The van der Waals surface area contributed by atoms with Crippen LogP contribution in [0, 0.1) is 12.3 Å². The summed E-state index contributed by atoms with van der Waals surface area (Å²) in [6.07, 6.45) is 5.87. The molecule has 0 saturated carbocycles. The standard InChI is InChI=1S/C22H17N3O4S/c1-3-11-24-17-8-7-16(29-2)13-18(17)30-22(24)23-21(28)14-5-4-6-15(12-14)25-19(26)9-10-20(25)27/h1,4-8,12-13H,9-11H2,2H3. The third-order valence-corrected chi connectivity index (χ3v) is 5.78. The molecule has 0 atom stereocenters. The zero-order valence-electron chi connectivity index (χ0n) is 16.1. The second-order valence-corrected chi connectivity index (χ2v) is 7.61. The van der Waals surface area contributed by atoms with Crippen LogP contribution in [-0.4, -0.2) is 29.4 Å². The summed E-state index contributed by atoms with van der Waals surface area (Å²) < 4.78 is 7.93. The van der Waals surface area contributed by atoms with Gasteiger partial charge in [-0.05, 0) is 36.4 Å². The summed E-state index contributed by atoms with van der Waals surface area (Å²) in [4.78, 5) is 42.7. The van der Waals surface area contributed by atoms with Crippen molar-refractivity contribution in [2.45, 2.75) is 19.4 Å². The van der Waals surface area contributed by atoms with Crippen LogP contribution in [0.1, 0.15) is 23.2 Å². The first-order chi connectivity index (χ1) is 14.5. The van der Waals surface area contributed by atoms with Crippen LogP contribution in [0.2, 0.25) is 0 Å². The number of carbonyl (C=O) groups excluding carboxylic acids is 3. The zero-order valence-corrected chi connectivity index (χ0v) is 16.9. The second-order valence-electron chi connectivity index (χ2n) is 6.60. The number of methoxy groups -OCH3 is 1. The van der Waals surface area contributed by atoms with Crippen molar-refractivity contribution in [1.29, 1.82) is 0 Å². The maximum absolute atomic E-state index is 12.9. The predicted octanol–water partition coefficient (Wildman–Crippen LogP) is 2.74. The van der Waals surface area contributed by atoms with Crippen LogP contribution >= 0.6 is 11.3 Å². The Labute approximate surface area is 176 Å². The van der Waals surface area contributed by atoms with Gasteiger partial charge in [-0.25, -0.2) is 0 Å². The predicted molar refractivity (Wildman–Crippen MR) is 113 cm³/mol. The van der Waals surface area contributed by atoms with E-state index in [1.165, 1.54) is 17.4 Å². The Morgan fingerprint density at radius 3 is 2.67 bits per heavy atom. The van der Waals surface area contributed by atoms with Gasteiger partial charge in [-0.15, -0.1) is 6.42 Å². The number of terminal acetylenes is 1. The van der Waals surface area contributed by atoms with Crippen molar-refractivity contribution >= 4 is 45.0 Å². The number of rotatable bonds is 4. The number of ether oxygens (including phenoxy) is 1. The Morgan fingerprint density at radius 1 is 1.20 bits per heavy atom. The minimum Gasteiger partial charge on any atom is -0.497 e. The number of nitrogens with zero attached hydrogens (tertiary/aromatic N) is 3. The molecule has 1 fully saturated rings. The van der Waals surface area contributed by atoms with Crippen LogP contribution in [0.3, 0.4) is 0 Å². The second kappa shape index (κ2) is 7.97. The highest BCUT2D eigenvalue weighted by Gasteiger charge is 2.30. The van der Waals surface area contributed by atoms with E-state index in [1.807, 2.05) is 18.2 Å². The van der Waals surface area contributed by atoms with E-state index >= 15 is 0 Å². The first-order valence-electron chi connectivity index (χ1n) is 9.17. The molecule has 0 radical (unpaired) electrons. The smallest absolute Gasteiger partial charge is 0.279 e. The van der Waals surface area contributed by atoms with E-state index in [1.54, 1.807) is 29.9 Å². The van der Waals surface area contributed by atoms with Crippen LogP contribution in [0.25, 0.3) is 10.2 Å². The number of fused-ring (bicyclic) bond motifs is 1. The molecule has 8 heteroatoms. The van der Waals surface area contributed by atoms with E-state index < -0.39 is 5.91 Å². The highest BCUT2D eigenvalue weighted by Crippen LogP contribution is 2.25. The van der Waals surface area contributed by atoms with Crippen LogP contribution in [0.15, 0.2) is 47.5 Å². The third-order valence-electron chi connectivity index (χ3n) is 4.74. The van der Waals surface area contributed by atoms with Crippen molar-refractivity contribution in [1.82, 2.24) is 4.57 Å². The number of imide groups is 1. The lowest BCUT2D eigenvalue weighted by molar-refractivity contribution is -0.121. The number of thiazole rings is 1. The Hall–Kier alpha value is -3.70. The van der Waals surface area contributed by atoms with Gasteiger partial charge in [-0.3, -0.25) is 19.3 Å². The molecule has 2 heterocycles. The van der Waals surface area contributed by atoms with Gasteiger partial charge in [-0.2, -0.15) is 4.99 Å². The van der Waals surface area contributed by atoms with Crippen molar-refractivity contribution in [2.75, 3.05) is 12.0 Å². The number of aromatic nitrogens is 1. The molecule has 3 aromatic rings. The molecule has 1 aliphatic heterocycles. The van der Waals surface area contributed by atoms with Gasteiger partial charge in [0, 0.05) is 18.4 Å². The van der Waals surface area contributed by atoms with Crippen molar-refractivity contribution in [2.24, 2.45) is 4.99 Å². The van der Waals surface area contributed by atoms with Gasteiger partial charge in [0.1, 0.15) is 5.75 Å². The Balaban J connectivity index is 1.76. The summed E-state index contributed by atoms with van der Waals surface area (Å²) in [6.45, 7) is 0.259. The molecular weight excluding hydrogens is 402 g/mol. The highest BCUT2D eigenvalue weighted by atomic mass is 32.1. The van der Waals surface area contributed by atoms with Crippen LogP contribution in [-0.2, 0) is 16.1 Å². The molecule has 0 spiro atoms. The Kier molecular flexibility index (Phi) is 5.21. The minimum atomic E-state index is -0.486. The maximum atomic E-state index is 12.9. The summed E-state index contributed by atoms with van der Waals surface area (Å²) in [6, 6.07) is 11.9. The van der Waals surface area contributed by atoms with Gasteiger partial charge in [0.25, 0.3) is 5.91 Å². The van der Waals surface area contributed by atoms with Gasteiger partial charge >= 0.3 is 0 Å². The molecule has 1 saturated heterocycles. The molecule has 7 nitrogen and oxygen atoms in total. The number of hydrogen-bond acceptors (Lipinski definition) is 5. The number of benzene rings is 2. The van der Waals surface area contributed by atoms with Gasteiger partial charge in [0.2, 0.25) is 11.8 Å². The summed E-state index contributed by atoms with van der Waals surface area (Å²) >= 11 is 1.33.